The van der Waals surface area contributed by atoms with Gasteiger partial charge >= 0.3 is 0 Å². The first kappa shape index (κ1) is 21.4. The minimum absolute atomic E-state index is 0.00894. The lowest BCUT2D eigenvalue weighted by Gasteiger charge is -2.35. The second-order valence-corrected chi connectivity index (χ2v) is 8.75. The van der Waals surface area contributed by atoms with E-state index in [9.17, 15) is 9.59 Å². The molecule has 1 aliphatic carbocycles. The van der Waals surface area contributed by atoms with Crippen LogP contribution < -0.4 is 15.0 Å². The predicted molar refractivity (Wildman–Crippen MR) is 128 cm³/mol. The standard InChI is InChI=1S/C26H29N3O4/c1-32-20-12-10-19(11-13-20)28-14-16-29(17-15-28)26(31)24-23(21-8-4-5-9-22(21)33-24)27-25(30)18-6-2-3-7-18/h4-5,8-13,18H,2-3,6-7,14-17H2,1H3,(H,27,30). The summed E-state index contributed by atoms with van der Waals surface area (Å²) < 4.78 is 11.2. The number of methoxy groups -OCH3 is 1. The lowest BCUT2D eigenvalue weighted by molar-refractivity contribution is -0.119. The Kier molecular flexibility index (Phi) is 5.94. The Hall–Kier alpha value is -3.48. The third-order valence-corrected chi connectivity index (χ3v) is 6.77. The van der Waals surface area contributed by atoms with Crippen LogP contribution in [0.4, 0.5) is 11.4 Å². The van der Waals surface area contributed by atoms with Gasteiger partial charge in [-0.05, 0) is 49.2 Å². The molecule has 1 saturated carbocycles. The molecule has 1 aromatic heterocycles. The maximum atomic E-state index is 13.5. The van der Waals surface area contributed by atoms with Gasteiger partial charge in [0.2, 0.25) is 11.7 Å². The highest BCUT2D eigenvalue weighted by atomic mass is 16.5. The Morgan fingerprint density at radius 3 is 2.36 bits per heavy atom. The van der Waals surface area contributed by atoms with Gasteiger partial charge in [0.25, 0.3) is 5.91 Å². The molecule has 1 saturated heterocycles. The maximum absolute atomic E-state index is 13.5. The number of hydrogen-bond donors (Lipinski definition) is 1. The minimum Gasteiger partial charge on any atom is -0.497 e. The number of fused-ring (bicyclic) bond motifs is 1. The van der Waals surface area contributed by atoms with Gasteiger partial charge in [-0.2, -0.15) is 0 Å². The van der Waals surface area contributed by atoms with Crippen LogP contribution in [0.3, 0.4) is 0 Å². The molecule has 2 heterocycles. The highest BCUT2D eigenvalue weighted by Gasteiger charge is 2.31. The van der Waals surface area contributed by atoms with Gasteiger partial charge in [-0.15, -0.1) is 0 Å². The predicted octanol–water partition coefficient (Wildman–Crippen LogP) is 4.53. The molecule has 0 spiro atoms. The van der Waals surface area contributed by atoms with Gasteiger partial charge in [0, 0.05) is 43.2 Å². The summed E-state index contributed by atoms with van der Waals surface area (Å²) in [6, 6.07) is 15.4. The van der Waals surface area contributed by atoms with Gasteiger partial charge in [0.15, 0.2) is 0 Å². The van der Waals surface area contributed by atoms with Gasteiger partial charge in [-0.25, -0.2) is 0 Å². The van der Waals surface area contributed by atoms with E-state index < -0.39 is 0 Å². The molecular weight excluding hydrogens is 418 g/mol. The van der Waals surface area contributed by atoms with Crippen molar-refractivity contribution < 1.29 is 18.7 Å². The van der Waals surface area contributed by atoms with Crippen molar-refractivity contribution in [3.8, 4) is 5.75 Å². The molecule has 2 aliphatic rings. The Morgan fingerprint density at radius 1 is 0.970 bits per heavy atom. The molecule has 172 valence electrons. The van der Waals surface area contributed by atoms with E-state index in [-0.39, 0.29) is 23.5 Å². The van der Waals surface area contributed by atoms with Gasteiger partial charge < -0.3 is 24.3 Å². The number of benzene rings is 2. The zero-order valence-electron chi connectivity index (χ0n) is 18.9. The molecule has 7 nitrogen and oxygen atoms in total. The van der Waals surface area contributed by atoms with Crippen LogP contribution in [0.25, 0.3) is 11.0 Å². The van der Waals surface area contributed by atoms with Crippen molar-refractivity contribution in [2.45, 2.75) is 25.7 Å². The van der Waals surface area contributed by atoms with Crippen molar-refractivity contribution in [2.24, 2.45) is 5.92 Å². The average molecular weight is 448 g/mol. The molecule has 2 amide bonds. The topological polar surface area (TPSA) is 75.0 Å². The van der Waals surface area contributed by atoms with E-state index in [1.165, 1.54) is 0 Å². The molecule has 0 bridgehead atoms. The lowest BCUT2D eigenvalue weighted by Crippen LogP contribution is -2.48. The average Bonchev–Trinajstić information content (AvgIpc) is 3.53. The van der Waals surface area contributed by atoms with E-state index in [0.29, 0.717) is 24.4 Å². The number of anilines is 2. The molecule has 1 N–H and O–H groups in total. The second-order valence-electron chi connectivity index (χ2n) is 8.75. The third kappa shape index (κ3) is 4.27. The summed E-state index contributed by atoms with van der Waals surface area (Å²) in [7, 11) is 1.65. The van der Waals surface area contributed by atoms with E-state index in [1.54, 1.807) is 7.11 Å². The Balaban J connectivity index is 1.33. The Bertz CT molecular complexity index is 1140. The number of carbonyl (C=O) groups is 2. The Labute approximate surface area is 193 Å². The van der Waals surface area contributed by atoms with Gasteiger partial charge in [0.1, 0.15) is 17.0 Å². The number of ether oxygens (including phenoxy) is 1. The van der Waals surface area contributed by atoms with Crippen LogP contribution in [0.15, 0.2) is 52.9 Å². The van der Waals surface area contributed by atoms with Crippen molar-refractivity contribution in [3.05, 3.63) is 54.3 Å². The lowest BCUT2D eigenvalue weighted by atomic mass is 10.1. The first-order valence-corrected chi connectivity index (χ1v) is 11.6. The molecule has 2 fully saturated rings. The molecule has 0 atom stereocenters. The molecule has 5 rings (SSSR count). The van der Waals surface area contributed by atoms with E-state index in [1.807, 2.05) is 53.4 Å². The van der Waals surface area contributed by atoms with Gasteiger partial charge in [-0.1, -0.05) is 25.0 Å². The molecule has 3 aromatic rings. The molecule has 33 heavy (non-hydrogen) atoms. The van der Waals surface area contributed by atoms with E-state index in [0.717, 1.165) is 55.6 Å². The number of piperazine rings is 1. The van der Waals surface area contributed by atoms with Crippen LogP contribution in [0.1, 0.15) is 36.2 Å². The number of nitrogens with one attached hydrogen (secondary N) is 1. The van der Waals surface area contributed by atoms with Crippen LogP contribution in [0, 0.1) is 5.92 Å². The summed E-state index contributed by atoms with van der Waals surface area (Å²) in [6.45, 7) is 2.61. The minimum atomic E-state index is -0.178. The zero-order chi connectivity index (χ0) is 22.8. The maximum Gasteiger partial charge on any atom is 0.291 e. The number of carbonyl (C=O) groups excluding carboxylic acids is 2. The summed E-state index contributed by atoms with van der Waals surface area (Å²) in [5.41, 5.74) is 2.22. The summed E-state index contributed by atoms with van der Waals surface area (Å²) in [5, 5.41) is 3.81. The van der Waals surface area contributed by atoms with Crippen LogP contribution in [0.5, 0.6) is 5.75 Å². The van der Waals surface area contributed by atoms with Crippen LogP contribution in [-0.4, -0.2) is 50.0 Å². The summed E-state index contributed by atoms with van der Waals surface area (Å²) in [4.78, 5) is 30.4. The largest absolute Gasteiger partial charge is 0.497 e. The molecule has 7 heteroatoms. The second kappa shape index (κ2) is 9.17. The SMILES string of the molecule is COc1ccc(N2CCN(C(=O)c3oc4ccccc4c3NC(=O)C3CCCC3)CC2)cc1. The van der Waals surface area contributed by atoms with Crippen LogP contribution in [-0.2, 0) is 4.79 Å². The molecule has 0 radical (unpaired) electrons. The highest BCUT2D eigenvalue weighted by Crippen LogP contribution is 2.34. The molecule has 2 aromatic carbocycles. The molecular formula is C26H29N3O4. The van der Waals surface area contributed by atoms with Crippen molar-refractivity contribution in [2.75, 3.05) is 43.5 Å². The number of para-hydroxylation sites is 1. The molecule has 0 unspecified atom stereocenters. The van der Waals surface area contributed by atoms with Gasteiger partial charge in [-0.3, -0.25) is 9.59 Å². The summed E-state index contributed by atoms with van der Waals surface area (Å²) >= 11 is 0. The number of hydrogen-bond acceptors (Lipinski definition) is 5. The van der Waals surface area contributed by atoms with Crippen molar-refractivity contribution >= 4 is 34.2 Å². The number of furan rings is 1. The van der Waals surface area contributed by atoms with Crippen molar-refractivity contribution in [1.82, 2.24) is 4.90 Å². The van der Waals surface area contributed by atoms with Crippen LogP contribution >= 0.6 is 0 Å². The van der Waals surface area contributed by atoms with Crippen molar-refractivity contribution in [3.63, 3.8) is 0 Å². The fourth-order valence-corrected chi connectivity index (χ4v) is 4.84. The van der Waals surface area contributed by atoms with Gasteiger partial charge in [0.05, 0.1) is 7.11 Å². The quantitative estimate of drug-likeness (QED) is 0.622. The number of rotatable bonds is 5. The first-order valence-electron chi connectivity index (χ1n) is 11.6. The zero-order valence-corrected chi connectivity index (χ0v) is 18.9. The fourth-order valence-electron chi connectivity index (χ4n) is 4.84. The number of nitrogens with zero attached hydrogens (tertiary/aromatic N) is 2. The van der Waals surface area contributed by atoms with E-state index in [2.05, 4.69) is 10.2 Å². The molecule has 1 aliphatic heterocycles. The summed E-state index contributed by atoms with van der Waals surface area (Å²) in [6.07, 6.45) is 3.96. The van der Waals surface area contributed by atoms with Crippen molar-refractivity contribution in [1.29, 1.82) is 0 Å². The fraction of sp³-hybridized carbons (Fsp3) is 0.385. The highest BCUT2D eigenvalue weighted by molar-refractivity contribution is 6.11. The Morgan fingerprint density at radius 2 is 1.67 bits per heavy atom. The first-order chi connectivity index (χ1) is 16.1. The van der Waals surface area contributed by atoms with Crippen LogP contribution in [0.2, 0.25) is 0 Å². The number of amides is 2. The smallest absolute Gasteiger partial charge is 0.291 e. The van der Waals surface area contributed by atoms with E-state index in [4.69, 9.17) is 9.15 Å². The summed E-state index contributed by atoms with van der Waals surface area (Å²) in [5.74, 6) is 0.861. The third-order valence-electron chi connectivity index (χ3n) is 6.77. The monoisotopic (exact) mass is 447 g/mol. The normalized spacial score (nSPS) is 16.9. The van der Waals surface area contributed by atoms with E-state index >= 15 is 0 Å².